The highest BCUT2D eigenvalue weighted by Gasteiger charge is 2.18. The first-order valence-electron chi connectivity index (χ1n) is 6.20. The number of nitrogens with one attached hydrogen (secondary N) is 2. The van der Waals surface area contributed by atoms with E-state index in [0.29, 0.717) is 12.1 Å². The van der Waals surface area contributed by atoms with Gasteiger partial charge < -0.3 is 15.1 Å². The third-order valence-electron chi connectivity index (χ3n) is 3.33. The van der Waals surface area contributed by atoms with Gasteiger partial charge in [-0.1, -0.05) is 0 Å². The molecule has 0 aromatic carbocycles. The Kier molecular flexibility index (Phi) is 3.66. The number of aryl methyl sites for hydroxylation is 2. The second-order valence-corrected chi connectivity index (χ2v) is 4.80. The first-order chi connectivity index (χ1) is 7.66. The van der Waals surface area contributed by atoms with Crippen molar-refractivity contribution in [3.8, 4) is 0 Å². The molecule has 2 unspecified atom stereocenters. The van der Waals surface area contributed by atoms with E-state index >= 15 is 0 Å². The number of rotatable bonds is 3. The largest absolute Gasteiger partial charge is 0.466 e. The summed E-state index contributed by atoms with van der Waals surface area (Å²) >= 11 is 0. The summed E-state index contributed by atoms with van der Waals surface area (Å²) < 4.78 is 5.57. The summed E-state index contributed by atoms with van der Waals surface area (Å²) in [5.74, 6) is 2.05. The average molecular weight is 222 g/mol. The van der Waals surface area contributed by atoms with E-state index in [1.807, 2.05) is 13.8 Å². The summed E-state index contributed by atoms with van der Waals surface area (Å²) in [5.41, 5.74) is 1.29. The van der Waals surface area contributed by atoms with Gasteiger partial charge in [0.1, 0.15) is 11.5 Å². The second kappa shape index (κ2) is 5.02. The first kappa shape index (κ1) is 11.7. The van der Waals surface area contributed by atoms with Crippen LogP contribution in [-0.4, -0.2) is 19.1 Å². The van der Waals surface area contributed by atoms with E-state index < -0.39 is 0 Å². The number of hydrogen-bond acceptors (Lipinski definition) is 3. The summed E-state index contributed by atoms with van der Waals surface area (Å²) in [7, 11) is 0. The van der Waals surface area contributed by atoms with Crippen molar-refractivity contribution in [1.29, 1.82) is 0 Å². The molecule has 2 rings (SSSR count). The van der Waals surface area contributed by atoms with Gasteiger partial charge in [0.05, 0.1) is 0 Å². The minimum absolute atomic E-state index is 0.377. The number of piperidine rings is 1. The van der Waals surface area contributed by atoms with Crippen LogP contribution in [-0.2, 0) is 0 Å². The molecule has 1 fully saturated rings. The molecular formula is C13H22N2O. The van der Waals surface area contributed by atoms with Crippen molar-refractivity contribution in [1.82, 2.24) is 10.6 Å². The highest BCUT2D eigenvalue weighted by molar-refractivity contribution is 5.23. The fourth-order valence-corrected chi connectivity index (χ4v) is 2.52. The molecule has 3 heteroatoms. The lowest BCUT2D eigenvalue weighted by Gasteiger charge is -2.27. The summed E-state index contributed by atoms with van der Waals surface area (Å²) in [6.07, 6.45) is 2.54. The SMILES string of the molecule is Cc1cc(C(C)NC2CCCNC2)c(C)o1. The van der Waals surface area contributed by atoms with E-state index in [9.17, 15) is 0 Å². The molecule has 0 amide bonds. The molecule has 1 saturated heterocycles. The molecule has 1 aliphatic heterocycles. The van der Waals surface area contributed by atoms with Gasteiger partial charge in [-0.3, -0.25) is 0 Å². The molecule has 0 bridgehead atoms. The van der Waals surface area contributed by atoms with Crippen molar-refractivity contribution < 1.29 is 4.42 Å². The number of furan rings is 1. The zero-order valence-corrected chi connectivity index (χ0v) is 10.5. The highest BCUT2D eigenvalue weighted by atomic mass is 16.3. The first-order valence-corrected chi connectivity index (χ1v) is 6.20. The van der Waals surface area contributed by atoms with Gasteiger partial charge in [0.15, 0.2) is 0 Å². The fraction of sp³-hybridized carbons (Fsp3) is 0.692. The highest BCUT2D eigenvalue weighted by Crippen LogP contribution is 2.22. The van der Waals surface area contributed by atoms with Crippen molar-refractivity contribution in [3.63, 3.8) is 0 Å². The maximum Gasteiger partial charge on any atom is 0.105 e. The summed E-state index contributed by atoms with van der Waals surface area (Å²) in [5, 5.41) is 7.09. The van der Waals surface area contributed by atoms with Gasteiger partial charge in [-0.15, -0.1) is 0 Å². The van der Waals surface area contributed by atoms with Crippen LogP contribution in [0.4, 0.5) is 0 Å². The minimum Gasteiger partial charge on any atom is -0.466 e. The normalized spacial score (nSPS) is 23.3. The molecule has 1 aromatic heterocycles. The van der Waals surface area contributed by atoms with Crippen LogP contribution in [0.15, 0.2) is 10.5 Å². The Hall–Kier alpha value is -0.800. The summed E-state index contributed by atoms with van der Waals surface area (Å²) in [4.78, 5) is 0. The van der Waals surface area contributed by atoms with Crippen LogP contribution < -0.4 is 10.6 Å². The lowest BCUT2D eigenvalue weighted by Crippen LogP contribution is -2.43. The van der Waals surface area contributed by atoms with Crippen LogP contribution in [0.1, 0.15) is 42.9 Å². The predicted octanol–water partition coefficient (Wildman–Crippen LogP) is 2.30. The van der Waals surface area contributed by atoms with E-state index in [1.54, 1.807) is 0 Å². The zero-order valence-electron chi connectivity index (χ0n) is 10.5. The van der Waals surface area contributed by atoms with E-state index in [1.165, 1.54) is 18.4 Å². The van der Waals surface area contributed by atoms with Gasteiger partial charge >= 0.3 is 0 Å². The third kappa shape index (κ3) is 2.66. The Morgan fingerprint density at radius 3 is 2.88 bits per heavy atom. The molecule has 1 aromatic rings. The fourth-order valence-electron chi connectivity index (χ4n) is 2.52. The lowest BCUT2D eigenvalue weighted by atomic mass is 10.0. The smallest absolute Gasteiger partial charge is 0.105 e. The Morgan fingerprint density at radius 2 is 2.31 bits per heavy atom. The molecular weight excluding hydrogens is 200 g/mol. The van der Waals surface area contributed by atoms with E-state index in [4.69, 9.17) is 4.42 Å². The quantitative estimate of drug-likeness (QED) is 0.824. The van der Waals surface area contributed by atoms with Crippen molar-refractivity contribution in [2.45, 2.75) is 45.7 Å². The predicted molar refractivity (Wildman–Crippen MR) is 65.6 cm³/mol. The maximum atomic E-state index is 5.57. The molecule has 0 aliphatic carbocycles. The second-order valence-electron chi connectivity index (χ2n) is 4.80. The molecule has 2 atom stereocenters. The molecule has 0 radical (unpaired) electrons. The molecule has 1 aliphatic rings. The molecule has 3 nitrogen and oxygen atoms in total. The van der Waals surface area contributed by atoms with Crippen molar-refractivity contribution >= 4 is 0 Å². The van der Waals surface area contributed by atoms with Gasteiger partial charge in [-0.25, -0.2) is 0 Å². The monoisotopic (exact) mass is 222 g/mol. The van der Waals surface area contributed by atoms with Crippen molar-refractivity contribution in [2.24, 2.45) is 0 Å². The van der Waals surface area contributed by atoms with Gasteiger partial charge in [0.25, 0.3) is 0 Å². The van der Waals surface area contributed by atoms with Crippen molar-refractivity contribution in [3.05, 3.63) is 23.2 Å². The van der Waals surface area contributed by atoms with E-state index in [0.717, 1.165) is 24.6 Å². The average Bonchev–Trinajstić information content (AvgIpc) is 2.59. The minimum atomic E-state index is 0.377. The Balaban J connectivity index is 1.96. The molecule has 0 spiro atoms. The molecule has 16 heavy (non-hydrogen) atoms. The standard InChI is InChI=1S/C13H22N2O/c1-9-7-13(11(3)16-9)10(2)15-12-5-4-6-14-8-12/h7,10,12,14-15H,4-6,8H2,1-3H3. The molecule has 90 valence electrons. The lowest BCUT2D eigenvalue weighted by molar-refractivity contribution is 0.360. The molecule has 0 saturated carbocycles. The molecule has 2 heterocycles. The Morgan fingerprint density at radius 1 is 1.50 bits per heavy atom. The Bertz CT molecular complexity index is 340. The summed E-state index contributed by atoms with van der Waals surface area (Å²) in [6, 6.07) is 3.11. The van der Waals surface area contributed by atoms with Crippen LogP contribution in [0.2, 0.25) is 0 Å². The van der Waals surface area contributed by atoms with Gasteiger partial charge in [-0.2, -0.15) is 0 Å². The maximum absolute atomic E-state index is 5.57. The zero-order chi connectivity index (χ0) is 11.5. The van der Waals surface area contributed by atoms with Crippen LogP contribution in [0.25, 0.3) is 0 Å². The van der Waals surface area contributed by atoms with Crippen LogP contribution >= 0.6 is 0 Å². The van der Waals surface area contributed by atoms with E-state index in [2.05, 4.69) is 23.6 Å². The van der Waals surface area contributed by atoms with Gasteiger partial charge in [-0.05, 0) is 46.2 Å². The summed E-state index contributed by atoms with van der Waals surface area (Å²) in [6.45, 7) is 8.51. The van der Waals surface area contributed by atoms with Crippen LogP contribution in [0, 0.1) is 13.8 Å². The van der Waals surface area contributed by atoms with Crippen molar-refractivity contribution in [2.75, 3.05) is 13.1 Å². The van der Waals surface area contributed by atoms with Crippen LogP contribution in [0.3, 0.4) is 0 Å². The van der Waals surface area contributed by atoms with E-state index in [-0.39, 0.29) is 0 Å². The number of hydrogen-bond donors (Lipinski definition) is 2. The Labute approximate surface area is 97.6 Å². The van der Waals surface area contributed by atoms with Gasteiger partial charge in [0.2, 0.25) is 0 Å². The van der Waals surface area contributed by atoms with Crippen LogP contribution in [0.5, 0.6) is 0 Å². The van der Waals surface area contributed by atoms with Gasteiger partial charge in [0, 0.05) is 24.2 Å². The molecule has 2 N–H and O–H groups in total. The topological polar surface area (TPSA) is 37.2 Å². The third-order valence-corrected chi connectivity index (χ3v) is 3.33.